The van der Waals surface area contributed by atoms with Crippen LogP contribution in [0, 0.1) is 19.8 Å². The molecule has 1 fully saturated rings. The highest BCUT2D eigenvalue weighted by molar-refractivity contribution is 5.90. The predicted molar refractivity (Wildman–Crippen MR) is 125 cm³/mol. The minimum absolute atomic E-state index is 0.0473. The molecule has 32 heavy (non-hydrogen) atoms. The molecule has 1 saturated heterocycles. The molecule has 0 saturated carbocycles. The van der Waals surface area contributed by atoms with Crippen molar-refractivity contribution in [1.29, 1.82) is 0 Å². The maximum Gasteiger partial charge on any atom is 0.355 e. The van der Waals surface area contributed by atoms with Crippen molar-refractivity contribution in [3.05, 3.63) is 22.5 Å². The molecule has 0 aliphatic carbocycles. The molecule has 1 aliphatic heterocycles. The quantitative estimate of drug-likeness (QED) is 0.507. The third-order valence-corrected chi connectivity index (χ3v) is 6.43. The van der Waals surface area contributed by atoms with Crippen molar-refractivity contribution in [2.75, 3.05) is 45.9 Å². The fraction of sp³-hybridized carbons (Fsp3) is 0.708. The number of likely N-dealkylation sites (tertiary alicyclic amines) is 1. The second-order valence-corrected chi connectivity index (χ2v) is 8.45. The zero-order chi connectivity index (χ0) is 23.7. The van der Waals surface area contributed by atoms with Gasteiger partial charge in [0.05, 0.1) is 12.5 Å². The third-order valence-electron chi connectivity index (χ3n) is 6.43. The minimum Gasteiger partial charge on any atom is -0.461 e. The van der Waals surface area contributed by atoms with Gasteiger partial charge < -0.3 is 24.8 Å². The Kier molecular flexibility index (Phi) is 10.2. The maximum atomic E-state index is 12.9. The molecular formula is C24H40N4O4. The first-order valence-electron chi connectivity index (χ1n) is 11.9. The fourth-order valence-electron chi connectivity index (χ4n) is 4.40. The van der Waals surface area contributed by atoms with Gasteiger partial charge >= 0.3 is 5.97 Å². The molecule has 0 spiro atoms. The van der Waals surface area contributed by atoms with E-state index in [4.69, 9.17) is 4.74 Å². The van der Waals surface area contributed by atoms with Crippen molar-refractivity contribution >= 4 is 17.8 Å². The topological polar surface area (TPSA) is 94.7 Å². The van der Waals surface area contributed by atoms with Crippen LogP contribution >= 0.6 is 0 Å². The second kappa shape index (κ2) is 12.6. The molecule has 1 aliphatic rings. The van der Waals surface area contributed by atoms with Crippen LogP contribution in [0.2, 0.25) is 0 Å². The number of carbonyl (C=O) groups is 3. The Morgan fingerprint density at radius 2 is 1.91 bits per heavy atom. The van der Waals surface area contributed by atoms with Crippen LogP contribution in [-0.4, -0.2) is 78.4 Å². The molecule has 180 valence electrons. The molecule has 0 radical (unpaired) electrons. The zero-order valence-corrected chi connectivity index (χ0v) is 20.4. The number of nitrogens with one attached hydrogen (secondary N) is 2. The minimum atomic E-state index is -0.364. The van der Waals surface area contributed by atoms with Crippen LogP contribution in [0.15, 0.2) is 0 Å². The van der Waals surface area contributed by atoms with E-state index in [1.54, 1.807) is 6.92 Å². The number of likely N-dealkylation sites (N-methyl/N-ethyl adjacent to an activating group) is 1. The van der Waals surface area contributed by atoms with E-state index in [-0.39, 0.29) is 23.7 Å². The SMILES string of the molecule is CCOC(=O)c1[nH]c(C)c(CCC(=O)N2CCCC(C(=O)NCCN(CC)CC)C2)c1C. The number of aromatic nitrogens is 1. The van der Waals surface area contributed by atoms with Crippen molar-refractivity contribution in [2.24, 2.45) is 5.92 Å². The number of rotatable bonds is 11. The Morgan fingerprint density at radius 1 is 1.19 bits per heavy atom. The third kappa shape index (κ3) is 6.82. The van der Waals surface area contributed by atoms with Crippen molar-refractivity contribution in [2.45, 2.75) is 60.3 Å². The average molecular weight is 449 g/mol. The molecule has 1 aromatic rings. The number of aromatic amines is 1. The molecule has 8 heteroatoms. The summed E-state index contributed by atoms with van der Waals surface area (Å²) in [6, 6.07) is 0. The van der Waals surface area contributed by atoms with Crippen molar-refractivity contribution in [3.63, 3.8) is 0 Å². The number of esters is 1. The van der Waals surface area contributed by atoms with Gasteiger partial charge in [0.15, 0.2) is 0 Å². The number of carbonyl (C=O) groups excluding carboxylic acids is 3. The van der Waals surface area contributed by atoms with Crippen LogP contribution < -0.4 is 5.32 Å². The highest BCUT2D eigenvalue weighted by Crippen LogP contribution is 2.22. The van der Waals surface area contributed by atoms with Gasteiger partial charge in [0.1, 0.15) is 5.69 Å². The zero-order valence-electron chi connectivity index (χ0n) is 20.4. The smallest absolute Gasteiger partial charge is 0.355 e. The molecule has 1 atom stereocenters. The largest absolute Gasteiger partial charge is 0.461 e. The summed E-state index contributed by atoms with van der Waals surface area (Å²) in [7, 11) is 0. The number of H-pyrrole nitrogens is 1. The number of hydrogen-bond acceptors (Lipinski definition) is 5. The standard InChI is InChI=1S/C24H40N4O4/c1-6-27(7-2)15-13-25-23(30)19-10-9-14-28(16-19)21(29)12-11-20-17(4)22(26-18(20)5)24(31)32-8-3/h19,26H,6-16H2,1-5H3,(H,25,30). The molecule has 2 N–H and O–H groups in total. The Labute approximate surface area is 192 Å². The lowest BCUT2D eigenvalue weighted by atomic mass is 9.96. The van der Waals surface area contributed by atoms with Crippen LogP contribution in [0.3, 0.4) is 0 Å². The van der Waals surface area contributed by atoms with E-state index in [1.807, 2.05) is 18.7 Å². The predicted octanol–water partition coefficient (Wildman–Crippen LogP) is 2.44. The van der Waals surface area contributed by atoms with E-state index in [1.165, 1.54) is 0 Å². The number of ether oxygens (including phenoxy) is 1. The first-order valence-corrected chi connectivity index (χ1v) is 11.9. The molecule has 0 bridgehead atoms. The Balaban J connectivity index is 1.87. The summed E-state index contributed by atoms with van der Waals surface area (Å²) in [5, 5.41) is 3.04. The number of hydrogen-bond donors (Lipinski definition) is 2. The van der Waals surface area contributed by atoms with Crippen LogP contribution in [0.4, 0.5) is 0 Å². The highest BCUT2D eigenvalue weighted by atomic mass is 16.5. The second-order valence-electron chi connectivity index (χ2n) is 8.45. The summed E-state index contributed by atoms with van der Waals surface area (Å²) in [4.78, 5) is 44.8. The first-order chi connectivity index (χ1) is 15.3. The molecule has 0 aromatic carbocycles. The molecule has 2 heterocycles. The molecular weight excluding hydrogens is 408 g/mol. The van der Waals surface area contributed by atoms with E-state index in [0.29, 0.717) is 44.8 Å². The Hall–Kier alpha value is -2.35. The number of nitrogens with zero attached hydrogens (tertiary/aromatic N) is 2. The monoisotopic (exact) mass is 448 g/mol. The summed E-state index contributed by atoms with van der Waals surface area (Å²) < 4.78 is 5.10. The van der Waals surface area contributed by atoms with Gasteiger partial charge in [-0.2, -0.15) is 0 Å². The molecule has 1 aromatic heterocycles. The highest BCUT2D eigenvalue weighted by Gasteiger charge is 2.28. The van der Waals surface area contributed by atoms with Crippen LogP contribution in [0.1, 0.15) is 67.3 Å². The Morgan fingerprint density at radius 3 is 2.56 bits per heavy atom. The number of piperidine rings is 1. The van der Waals surface area contributed by atoms with Gasteiger partial charge in [0.2, 0.25) is 11.8 Å². The summed E-state index contributed by atoms with van der Waals surface area (Å²) in [5.74, 6) is -0.401. The van der Waals surface area contributed by atoms with Gasteiger partial charge in [-0.1, -0.05) is 13.8 Å². The summed E-state index contributed by atoms with van der Waals surface area (Å²) in [6.45, 7) is 14.7. The lowest BCUT2D eigenvalue weighted by molar-refractivity contribution is -0.135. The lowest BCUT2D eigenvalue weighted by Gasteiger charge is -2.32. The normalized spacial score (nSPS) is 16.3. The van der Waals surface area contributed by atoms with Crippen LogP contribution in [0.5, 0.6) is 0 Å². The van der Waals surface area contributed by atoms with E-state index < -0.39 is 0 Å². The van der Waals surface area contributed by atoms with Gasteiger partial charge in [-0.25, -0.2) is 4.79 Å². The molecule has 2 rings (SSSR count). The van der Waals surface area contributed by atoms with Crippen molar-refractivity contribution < 1.29 is 19.1 Å². The molecule has 2 amide bonds. The van der Waals surface area contributed by atoms with Crippen molar-refractivity contribution in [1.82, 2.24) is 20.1 Å². The van der Waals surface area contributed by atoms with Crippen LogP contribution in [-0.2, 0) is 20.7 Å². The summed E-state index contributed by atoms with van der Waals surface area (Å²) in [6.07, 6.45) is 2.58. The average Bonchev–Trinajstić information content (AvgIpc) is 3.08. The molecule has 1 unspecified atom stereocenters. The summed E-state index contributed by atoms with van der Waals surface area (Å²) >= 11 is 0. The van der Waals surface area contributed by atoms with Gasteiger partial charge in [-0.3, -0.25) is 9.59 Å². The van der Waals surface area contributed by atoms with Gasteiger partial charge in [-0.15, -0.1) is 0 Å². The number of amides is 2. The first kappa shape index (κ1) is 25.9. The Bertz CT molecular complexity index is 785. The van der Waals surface area contributed by atoms with E-state index >= 15 is 0 Å². The van der Waals surface area contributed by atoms with Gasteiger partial charge in [0, 0.05) is 38.3 Å². The molecule has 8 nitrogen and oxygen atoms in total. The van der Waals surface area contributed by atoms with Crippen LogP contribution in [0.25, 0.3) is 0 Å². The van der Waals surface area contributed by atoms with Gasteiger partial charge in [-0.05, 0) is 64.3 Å². The van der Waals surface area contributed by atoms with E-state index in [0.717, 1.165) is 49.3 Å². The van der Waals surface area contributed by atoms with E-state index in [2.05, 4.69) is 29.0 Å². The maximum absolute atomic E-state index is 12.9. The number of aryl methyl sites for hydroxylation is 1. The lowest BCUT2D eigenvalue weighted by Crippen LogP contribution is -2.46. The summed E-state index contributed by atoms with van der Waals surface area (Å²) in [5.41, 5.74) is 3.19. The van der Waals surface area contributed by atoms with Gasteiger partial charge in [0.25, 0.3) is 0 Å². The van der Waals surface area contributed by atoms with E-state index in [9.17, 15) is 14.4 Å². The fourth-order valence-corrected chi connectivity index (χ4v) is 4.40. The van der Waals surface area contributed by atoms with Crippen molar-refractivity contribution in [3.8, 4) is 0 Å².